The van der Waals surface area contributed by atoms with Crippen molar-refractivity contribution in [2.45, 2.75) is 6.61 Å². The lowest BCUT2D eigenvalue weighted by Gasteiger charge is -2.13. The number of benzene rings is 3. The third-order valence-electron chi connectivity index (χ3n) is 4.02. The molecule has 3 aromatic rings. The number of ether oxygens (including phenoxy) is 2. The molecule has 0 aromatic heterocycles. The minimum absolute atomic E-state index is 0.376. The maximum absolute atomic E-state index is 11.2. The van der Waals surface area contributed by atoms with Crippen LogP contribution in [0.5, 0.6) is 11.5 Å². The van der Waals surface area contributed by atoms with Gasteiger partial charge in [-0.1, -0.05) is 48.5 Å². The lowest BCUT2D eigenvalue weighted by Crippen LogP contribution is -2.27. The van der Waals surface area contributed by atoms with E-state index in [1.54, 1.807) is 19.3 Å². The molecule has 0 saturated heterocycles. The van der Waals surface area contributed by atoms with E-state index in [4.69, 9.17) is 15.3 Å². The van der Waals surface area contributed by atoms with Crippen molar-refractivity contribution in [3.8, 4) is 11.5 Å². The van der Waals surface area contributed by atoms with Gasteiger partial charge in [-0.05, 0) is 40.1 Å². The molecular formula is C21H20N2O3. The van der Waals surface area contributed by atoms with E-state index in [2.05, 4.69) is 23.6 Å². The normalized spacial score (nSPS) is 10.8. The summed E-state index contributed by atoms with van der Waals surface area (Å²) < 4.78 is 11.4. The van der Waals surface area contributed by atoms with Crippen LogP contribution in [-0.4, -0.2) is 13.0 Å². The van der Waals surface area contributed by atoms with Crippen LogP contribution < -0.4 is 20.7 Å². The van der Waals surface area contributed by atoms with E-state index in [0.717, 1.165) is 16.5 Å². The summed E-state index contributed by atoms with van der Waals surface area (Å²) >= 11 is 0. The van der Waals surface area contributed by atoms with Crippen LogP contribution in [0.15, 0.2) is 66.7 Å². The van der Waals surface area contributed by atoms with Gasteiger partial charge in [0.2, 0.25) is 0 Å². The highest BCUT2D eigenvalue weighted by molar-refractivity contribution is 5.91. The van der Waals surface area contributed by atoms with Crippen LogP contribution >= 0.6 is 0 Å². The average Bonchev–Trinajstić information content (AvgIpc) is 2.70. The van der Waals surface area contributed by atoms with Gasteiger partial charge in [0.15, 0.2) is 11.5 Å². The van der Waals surface area contributed by atoms with Crippen LogP contribution in [0.25, 0.3) is 16.8 Å². The summed E-state index contributed by atoms with van der Waals surface area (Å²) in [5.74, 6) is 5.94. The van der Waals surface area contributed by atoms with Crippen molar-refractivity contribution < 1.29 is 14.3 Å². The molecule has 0 bridgehead atoms. The fraction of sp³-hybridized carbons (Fsp3) is 0.0952. The molecule has 0 heterocycles. The molecule has 3 rings (SSSR count). The Morgan fingerprint density at radius 2 is 1.88 bits per heavy atom. The zero-order valence-electron chi connectivity index (χ0n) is 14.4. The predicted molar refractivity (Wildman–Crippen MR) is 103 cm³/mol. The highest BCUT2D eigenvalue weighted by Gasteiger charge is 2.07. The molecule has 0 atom stereocenters. The van der Waals surface area contributed by atoms with E-state index in [9.17, 15) is 4.79 Å². The van der Waals surface area contributed by atoms with Crippen LogP contribution in [0.1, 0.15) is 11.1 Å². The summed E-state index contributed by atoms with van der Waals surface area (Å²) in [6.07, 6.45) is 3.02. The minimum atomic E-state index is -0.376. The fourth-order valence-corrected chi connectivity index (χ4v) is 2.70. The number of carbonyl (C=O) groups excluding carboxylic acids is 1. The first kappa shape index (κ1) is 17.5. The number of rotatable bonds is 6. The number of nitrogens with two attached hydrogens (primary N) is 1. The van der Waals surface area contributed by atoms with Crippen LogP contribution in [0.3, 0.4) is 0 Å². The van der Waals surface area contributed by atoms with E-state index in [-0.39, 0.29) is 5.91 Å². The number of hydrazine groups is 1. The molecule has 5 nitrogen and oxygen atoms in total. The lowest BCUT2D eigenvalue weighted by molar-refractivity contribution is -0.116. The molecule has 3 N–H and O–H groups in total. The fourth-order valence-electron chi connectivity index (χ4n) is 2.70. The number of hydrogen-bond donors (Lipinski definition) is 2. The monoisotopic (exact) mass is 348 g/mol. The third-order valence-corrected chi connectivity index (χ3v) is 4.02. The van der Waals surface area contributed by atoms with Crippen molar-refractivity contribution >= 4 is 22.8 Å². The van der Waals surface area contributed by atoms with Gasteiger partial charge in [-0.2, -0.15) is 0 Å². The second-order valence-electron chi connectivity index (χ2n) is 5.68. The molecule has 5 heteroatoms. The Labute approximate surface area is 152 Å². The second kappa shape index (κ2) is 8.18. The maximum Gasteiger partial charge on any atom is 0.257 e. The van der Waals surface area contributed by atoms with Gasteiger partial charge < -0.3 is 9.47 Å². The standard InChI is InChI=1S/C21H20N2O3/c1-25-19-11-9-15(10-12-21(24)23-22)13-20(19)26-14-17-7-4-6-16-5-2-3-8-18(16)17/h2-13H,14,22H2,1H3,(H,23,24)/b12-10+. The van der Waals surface area contributed by atoms with Crippen LogP contribution in [-0.2, 0) is 11.4 Å². The van der Waals surface area contributed by atoms with Crippen molar-refractivity contribution in [1.29, 1.82) is 0 Å². The van der Waals surface area contributed by atoms with E-state index >= 15 is 0 Å². The Bertz CT molecular complexity index is 946. The Balaban J connectivity index is 1.84. The van der Waals surface area contributed by atoms with Crippen molar-refractivity contribution in [3.05, 3.63) is 77.9 Å². The molecule has 0 fully saturated rings. The number of hydrogen-bond acceptors (Lipinski definition) is 4. The lowest BCUT2D eigenvalue weighted by atomic mass is 10.1. The van der Waals surface area contributed by atoms with Crippen molar-refractivity contribution in [3.63, 3.8) is 0 Å². The molecule has 132 valence electrons. The zero-order valence-corrected chi connectivity index (χ0v) is 14.4. The Kier molecular flexibility index (Phi) is 5.51. The molecule has 3 aromatic carbocycles. The van der Waals surface area contributed by atoms with Crippen LogP contribution in [0.4, 0.5) is 0 Å². The van der Waals surface area contributed by atoms with Crippen molar-refractivity contribution in [2.24, 2.45) is 5.84 Å². The number of methoxy groups -OCH3 is 1. The van der Waals surface area contributed by atoms with Crippen LogP contribution in [0, 0.1) is 0 Å². The van der Waals surface area contributed by atoms with Gasteiger partial charge in [0.25, 0.3) is 5.91 Å². The summed E-state index contributed by atoms with van der Waals surface area (Å²) in [6, 6.07) is 19.8. The van der Waals surface area contributed by atoms with Gasteiger partial charge >= 0.3 is 0 Å². The molecule has 0 saturated carbocycles. The molecule has 0 aliphatic heterocycles. The summed E-state index contributed by atoms with van der Waals surface area (Å²) in [5.41, 5.74) is 3.95. The molecule has 0 aliphatic carbocycles. The Hall–Kier alpha value is -3.31. The molecule has 1 amide bonds. The van der Waals surface area contributed by atoms with Gasteiger partial charge in [-0.3, -0.25) is 10.2 Å². The number of amides is 1. The summed E-state index contributed by atoms with van der Waals surface area (Å²) in [6.45, 7) is 0.411. The predicted octanol–water partition coefficient (Wildman–Crippen LogP) is 3.43. The Morgan fingerprint density at radius 1 is 1.08 bits per heavy atom. The summed E-state index contributed by atoms with van der Waals surface area (Å²) in [5, 5.41) is 2.33. The van der Waals surface area contributed by atoms with E-state index in [0.29, 0.717) is 18.1 Å². The second-order valence-corrected chi connectivity index (χ2v) is 5.68. The average molecular weight is 348 g/mol. The first-order chi connectivity index (χ1) is 12.7. The minimum Gasteiger partial charge on any atom is -0.493 e. The largest absolute Gasteiger partial charge is 0.493 e. The highest BCUT2D eigenvalue weighted by atomic mass is 16.5. The summed E-state index contributed by atoms with van der Waals surface area (Å²) in [4.78, 5) is 11.2. The number of nitrogens with one attached hydrogen (secondary N) is 1. The SMILES string of the molecule is COc1ccc(/C=C/C(=O)NN)cc1OCc1cccc2ccccc12. The van der Waals surface area contributed by atoms with Gasteiger partial charge in [0, 0.05) is 6.08 Å². The molecular weight excluding hydrogens is 328 g/mol. The van der Waals surface area contributed by atoms with E-state index in [1.807, 2.05) is 36.4 Å². The molecule has 26 heavy (non-hydrogen) atoms. The molecule has 0 unspecified atom stereocenters. The smallest absolute Gasteiger partial charge is 0.257 e. The maximum atomic E-state index is 11.2. The van der Waals surface area contributed by atoms with Gasteiger partial charge in [-0.15, -0.1) is 0 Å². The van der Waals surface area contributed by atoms with Gasteiger partial charge in [0.05, 0.1) is 7.11 Å². The van der Waals surface area contributed by atoms with E-state index < -0.39 is 0 Å². The van der Waals surface area contributed by atoms with Crippen molar-refractivity contribution in [2.75, 3.05) is 7.11 Å². The first-order valence-corrected chi connectivity index (χ1v) is 8.17. The topological polar surface area (TPSA) is 73.6 Å². The van der Waals surface area contributed by atoms with Gasteiger partial charge in [-0.25, -0.2) is 5.84 Å². The quantitative estimate of drug-likeness (QED) is 0.310. The highest BCUT2D eigenvalue weighted by Crippen LogP contribution is 2.30. The number of fused-ring (bicyclic) bond motifs is 1. The van der Waals surface area contributed by atoms with Gasteiger partial charge in [0.1, 0.15) is 6.61 Å². The first-order valence-electron chi connectivity index (χ1n) is 8.17. The number of carbonyl (C=O) groups is 1. The zero-order chi connectivity index (χ0) is 18.4. The summed E-state index contributed by atoms with van der Waals surface area (Å²) in [7, 11) is 1.59. The molecule has 0 spiro atoms. The van der Waals surface area contributed by atoms with Crippen LogP contribution in [0.2, 0.25) is 0 Å². The third kappa shape index (κ3) is 4.02. The molecule has 0 radical (unpaired) electrons. The molecule has 0 aliphatic rings. The van der Waals surface area contributed by atoms with Crippen molar-refractivity contribution in [1.82, 2.24) is 5.43 Å². The van der Waals surface area contributed by atoms with E-state index in [1.165, 1.54) is 11.5 Å². The Morgan fingerprint density at radius 3 is 2.69 bits per heavy atom.